The van der Waals surface area contributed by atoms with Crippen molar-refractivity contribution in [2.45, 2.75) is 45.6 Å². The molecule has 1 aliphatic rings. The van der Waals surface area contributed by atoms with Gasteiger partial charge in [-0.25, -0.2) is 0 Å². The average Bonchev–Trinajstić information content (AvgIpc) is 2.41. The zero-order chi connectivity index (χ0) is 13.2. The van der Waals surface area contributed by atoms with E-state index in [1.165, 1.54) is 36.8 Å². The lowest BCUT2D eigenvalue weighted by molar-refractivity contribution is 0.350. The molecule has 100 valence electrons. The van der Waals surface area contributed by atoms with Crippen molar-refractivity contribution in [3.05, 3.63) is 36.0 Å². The molecule has 2 atom stereocenters. The standard InChI is InChI=1S/C17H22N2/c1-12-7-3-5-9-15(12)19-17-11-13(2)18-16-10-6-4-8-14(16)17/h4,6,8,10-12,15H,3,5,7,9H2,1-2H3,(H,18,19). The highest BCUT2D eigenvalue weighted by molar-refractivity contribution is 5.91. The van der Waals surface area contributed by atoms with Crippen molar-refractivity contribution >= 4 is 16.6 Å². The lowest BCUT2D eigenvalue weighted by atomic mass is 9.85. The number of pyridine rings is 1. The normalized spacial score (nSPS) is 23.5. The van der Waals surface area contributed by atoms with Crippen molar-refractivity contribution in [3.8, 4) is 0 Å². The van der Waals surface area contributed by atoms with E-state index in [0.717, 1.165) is 17.1 Å². The summed E-state index contributed by atoms with van der Waals surface area (Å²) < 4.78 is 0. The number of aromatic nitrogens is 1. The Morgan fingerprint density at radius 2 is 1.95 bits per heavy atom. The zero-order valence-electron chi connectivity index (χ0n) is 11.8. The lowest BCUT2D eigenvalue weighted by Gasteiger charge is -2.30. The molecule has 1 fully saturated rings. The van der Waals surface area contributed by atoms with E-state index in [0.29, 0.717) is 6.04 Å². The maximum atomic E-state index is 4.61. The largest absolute Gasteiger partial charge is 0.381 e. The minimum Gasteiger partial charge on any atom is -0.381 e. The van der Waals surface area contributed by atoms with Crippen molar-refractivity contribution in [1.29, 1.82) is 0 Å². The first-order valence-electron chi connectivity index (χ1n) is 7.37. The molecule has 0 saturated heterocycles. The molecule has 1 N–H and O–H groups in total. The number of para-hydroxylation sites is 1. The maximum absolute atomic E-state index is 4.61. The summed E-state index contributed by atoms with van der Waals surface area (Å²) in [4.78, 5) is 4.61. The Balaban J connectivity index is 1.95. The van der Waals surface area contributed by atoms with Gasteiger partial charge in [-0.15, -0.1) is 0 Å². The van der Waals surface area contributed by atoms with Crippen molar-refractivity contribution in [2.24, 2.45) is 5.92 Å². The van der Waals surface area contributed by atoms with Gasteiger partial charge >= 0.3 is 0 Å². The van der Waals surface area contributed by atoms with Gasteiger partial charge in [-0.1, -0.05) is 38.0 Å². The van der Waals surface area contributed by atoms with Gasteiger partial charge in [0.05, 0.1) is 5.52 Å². The Bertz CT molecular complexity index is 576. The van der Waals surface area contributed by atoms with Crippen molar-refractivity contribution in [3.63, 3.8) is 0 Å². The van der Waals surface area contributed by atoms with Crippen LogP contribution in [0.25, 0.3) is 10.9 Å². The van der Waals surface area contributed by atoms with Gasteiger partial charge in [-0.3, -0.25) is 4.98 Å². The number of nitrogens with zero attached hydrogens (tertiary/aromatic N) is 1. The molecule has 1 aromatic carbocycles. The quantitative estimate of drug-likeness (QED) is 0.851. The van der Waals surface area contributed by atoms with Crippen LogP contribution in [0.15, 0.2) is 30.3 Å². The highest BCUT2D eigenvalue weighted by Crippen LogP contribution is 2.30. The molecule has 0 radical (unpaired) electrons. The minimum atomic E-state index is 0.610. The number of fused-ring (bicyclic) bond motifs is 1. The van der Waals surface area contributed by atoms with E-state index in [4.69, 9.17) is 0 Å². The highest BCUT2D eigenvalue weighted by Gasteiger charge is 2.21. The van der Waals surface area contributed by atoms with E-state index in [-0.39, 0.29) is 0 Å². The van der Waals surface area contributed by atoms with E-state index >= 15 is 0 Å². The topological polar surface area (TPSA) is 24.9 Å². The fourth-order valence-electron chi connectivity index (χ4n) is 3.16. The van der Waals surface area contributed by atoms with E-state index in [1.54, 1.807) is 0 Å². The Kier molecular flexibility index (Phi) is 3.41. The van der Waals surface area contributed by atoms with Gasteiger partial charge in [0.2, 0.25) is 0 Å². The van der Waals surface area contributed by atoms with Gasteiger partial charge in [0, 0.05) is 22.8 Å². The molecular weight excluding hydrogens is 232 g/mol. The molecule has 2 aromatic rings. The van der Waals surface area contributed by atoms with E-state index in [2.05, 4.69) is 54.5 Å². The highest BCUT2D eigenvalue weighted by atomic mass is 14.9. The fraction of sp³-hybridized carbons (Fsp3) is 0.471. The van der Waals surface area contributed by atoms with Gasteiger partial charge in [-0.2, -0.15) is 0 Å². The molecule has 1 heterocycles. The summed E-state index contributed by atoms with van der Waals surface area (Å²) >= 11 is 0. The van der Waals surface area contributed by atoms with Crippen molar-refractivity contribution in [2.75, 3.05) is 5.32 Å². The van der Waals surface area contributed by atoms with Crippen LogP contribution in [0.5, 0.6) is 0 Å². The third kappa shape index (κ3) is 2.58. The predicted octanol–water partition coefficient (Wildman–Crippen LogP) is 4.53. The molecule has 0 amide bonds. The first-order valence-corrected chi connectivity index (χ1v) is 7.37. The number of anilines is 1. The van der Waals surface area contributed by atoms with Gasteiger partial charge in [0.1, 0.15) is 0 Å². The van der Waals surface area contributed by atoms with Crippen LogP contribution in [-0.4, -0.2) is 11.0 Å². The lowest BCUT2D eigenvalue weighted by Crippen LogP contribution is -2.30. The molecule has 0 aliphatic heterocycles. The zero-order valence-corrected chi connectivity index (χ0v) is 11.8. The second kappa shape index (κ2) is 5.20. The molecule has 1 aliphatic carbocycles. The van der Waals surface area contributed by atoms with Crippen LogP contribution in [0.4, 0.5) is 5.69 Å². The Morgan fingerprint density at radius 3 is 2.79 bits per heavy atom. The van der Waals surface area contributed by atoms with Crippen molar-refractivity contribution < 1.29 is 0 Å². The summed E-state index contributed by atoms with van der Waals surface area (Å²) in [5.41, 5.74) is 3.43. The Labute approximate surface area is 115 Å². The van der Waals surface area contributed by atoms with Gasteiger partial charge < -0.3 is 5.32 Å². The van der Waals surface area contributed by atoms with Crippen LogP contribution in [0, 0.1) is 12.8 Å². The molecule has 1 saturated carbocycles. The number of aryl methyl sites for hydroxylation is 1. The van der Waals surface area contributed by atoms with Gasteiger partial charge in [-0.05, 0) is 37.8 Å². The van der Waals surface area contributed by atoms with Crippen molar-refractivity contribution in [1.82, 2.24) is 4.98 Å². The first-order chi connectivity index (χ1) is 9.24. The molecule has 2 nitrogen and oxygen atoms in total. The number of rotatable bonds is 2. The molecule has 19 heavy (non-hydrogen) atoms. The summed E-state index contributed by atoms with van der Waals surface area (Å²) in [5, 5.41) is 5.02. The summed E-state index contributed by atoms with van der Waals surface area (Å²) in [5.74, 6) is 0.765. The number of hydrogen-bond donors (Lipinski definition) is 1. The Hall–Kier alpha value is -1.57. The van der Waals surface area contributed by atoms with Crippen LogP contribution in [0.1, 0.15) is 38.3 Å². The molecule has 2 unspecified atom stereocenters. The molecule has 1 aromatic heterocycles. The van der Waals surface area contributed by atoms with Gasteiger partial charge in [0.25, 0.3) is 0 Å². The van der Waals surface area contributed by atoms with E-state index in [9.17, 15) is 0 Å². The second-order valence-corrected chi connectivity index (χ2v) is 5.84. The summed E-state index contributed by atoms with van der Waals surface area (Å²) in [6.07, 6.45) is 5.37. The molecule has 0 bridgehead atoms. The molecule has 2 heteroatoms. The minimum absolute atomic E-state index is 0.610. The molecular formula is C17H22N2. The van der Waals surface area contributed by atoms with Gasteiger partial charge in [0.15, 0.2) is 0 Å². The number of hydrogen-bond acceptors (Lipinski definition) is 2. The van der Waals surface area contributed by atoms with E-state index < -0.39 is 0 Å². The summed E-state index contributed by atoms with van der Waals surface area (Å²) in [6.45, 7) is 4.44. The smallest absolute Gasteiger partial charge is 0.0725 e. The van der Waals surface area contributed by atoms with Crippen LogP contribution in [0.2, 0.25) is 0 Å². The molecule has 0 spiro atoms. The molecule has 3 rings (SSSR count). The van der Waals surface area contributed by atoms with Crippen LogP contribution in [-0.2, 0) is 0 Å². The first kappa shape index (κ1) is 12.5. The Morgan fingerprint density at radius 1 is 1.16 bits per heavy atom. The average molecular weight is 254 g/mol. The third-order valence-electron chi connectivity index (χ3n) is 4.30. The second-order valence-electron chi connectivity index (χ2n) is 5.84. The van der Waals surface area contributed by atoms with Crippen LogP contribution < -0.4 is 5.32 Å². The monoisotopic (exact) mass is 254 g/mol. The maximum Gasteiger partial charge on any atom is 0.0725 e. The number of nitrogens with one attached hydrogen (secondary N) is 1. The summed E-state index contributed by atoms with van der Waals surface area (Å²) in [7, 11) is 0. The SMILES string of the molecule is Cc1cc(NC2CCCCC2C)c2ccccc2n1. The fourth-order valence-corrected chi connectivity index (χ4v) is 3.16. The van der Waals surface area contributed by atoms with E-state index in [1.807, 2.05) is 0 Å². The van der Waals surface area contributed by atoms with Crippen LogP contribution >= 0.6 is 0 Å². The number of benzene rings is 1. The van der Waals surface area contributed by atoms with Crippen LogP contribution in [0.3, 0.4) is 0 Å². The third-order valence-corrected chi connectivity index (χ3v) is 4.30. The predicted molar refractivity (Wildman–Crippen MR) is 81.5 cm³/mol. The summed E-state index contributed by atoms with van der Waals surface area (Å²) in [6, 6.07) is 11.2.